The van der Waals surface area contributed by atoms with E-state index in [4.69, 9.17) is 9.84 Å². The van der Waals surface area contributed by atoms with Crippen LogP contribution in [0.1, 0.15) is 23.6 Å². The molecule has 5 heteroatoms. The molecule has 0 aromatic heterocycles. The summed E-state index contributed by atoms with van der Waals surface area (Å²) in [6.07, 6.45) is -0.506. The lowest BCUT2D eigenvalue weighted by Gasteiger charge is -2.30. The van der Waals surface area contributed by atoms with Gasteiger partial charge in [-0.3, -0.25) is 0 Å². The summed E-state index contributed by atoms with van der Waals surface area (Å²) in [5.74, 6) is -4.33. The summed E-state index contributed by atoms with van der Waals surface area (Å²) in [6.45, 7) is 4.26. The fourth-order valence-electron chi connectivity index (χ4n) is 2.06. The summed E-state index contributed by atoms with van der Waals surface area (Å²) >= 11 is 0. The molecule has 0 amide bonds. The van der Waals surface area contributed by atoms with Gasteiger partial charge < -0.3 is 9.84 Å². The quantitative estimate of drug-likeness (QED) is 0.896. The van der Waals surface area contributed by atoms with Gasteiger partial charge in [0.05, 0.1) is 5.57 Å². The molecular weight excluding hydrogens is 254 g/mol. The fourth-order valence-corrected chi connectivity index (χ4v) is 2.06. The molecule has 2 rings (SSSR count). The maximum atomic E-state index is 13.5. The molecule has 0 radical (unpaired) electrons. The number of alkyl halides is 2. The Morgan fingerprint density at radius 1 is 1.37 bits per heavy atom. The van der Waals surface area contributed by atoms with Crippen molar-refractivity contribution in [3.8, 4) is 5.75 Å². The molecule has 1 aliphatic rings. The molecule has 19 heavy (non-hydrogen) atoms. The first-order valence-electron chi connectivity index (χ1n) is 5.81. The molecule has 102 valence electrons. The third-order valence-electron chi connectivity index (χ3n) is 3.24. The van der Waals surface area contributed by atoms with Crippen LogP contribution in [0.4, 0.5) is 8.78 Å². The van der Waals surface area contributed by atoms with Crippen LogP contribution in [0.5, 0.6) is 5.75 Å². The Bertz CT molecular complexity index is 571. The third kappa shape index (κ3) is 2.32. The number of hydrogen-bond donors (Lipinski definition) is 1. The van der Waals surface area contributed by atoms with E-state index >= 15 is 0 Å². The van der Waals surface area contributed by atoms with E-state index < -0.39 is 23.6 Å². The van der Waals surface area contributed by atoms with Crippen LogP contribution in [0.15, 0.2) is 17.7 Å². The maximum absolute atomic E-state index is 13.5. The lowest BCUT2D eigenvalue weighted by atomic mass is 9.95. The Hall–Kier alpha value is -1.91. The van der Waals surface area contributed by atoms with Gasteiger partial charge in [0.1, 0.15) is 5.75 Å². The van der Waals surface area contributed by atoms with Crippen LogP contribution in [0.2, 0.25) is 0 Å². The van der Waals surface area contributed by atoms with E-state index in [2.05, 4.69) is 0 Å². The van der Waals surface area contributed by atoms with Crippen LogP contribution in [0.25, 0.3) is 6.08 Å². The number of aryl methyl sites for hydroxylation is 1. The van der Waals surface area contributed by atoms with Crippen molar-refractivity contribution in [2.45, 2.75) is 32.8 Å². The largest absolute Gasteiger partial charge is 0.478 e. The highest BCUT2D eigenvalue weighted by Gasteiger charge is 2.44. The van der Waals surface area contributed by atoms with E-state index in [9.17, 15) is 13.6 Å². The molecule has 1 aromatic rings. The van der Waals surface area contributed by atoms with E-state index in [1.807, 2.05) is 6.92 Å². The molecule has 1 atom stereocenters. The van der Waals surface area contributed by atoms with Crippen molar-refractivity contribution in [2.75, 3.05) is 0 Å². The van der Waals surface area contributed by atoms with E-state index in [0.29, 0.717) is 18.2 Å². The number of carboxylic acids is 1. The smallest absolute Gasteiger partial charge is 0.335 e. The first-order chi connectivity index (χ1) is 8.71. The molecule has 0 saturated carbocycles. The topological polar surface area (TPSA) is 46.5 Å². The SMILES string of the molecule is Cc1ccc2c(c1C)OC(C(C)(F)F)C(C(=O)O)=C2. The van der Waals surface area contributed by atoms with Crippen LogP contribution in [-0.4, -0.2) is 23.1 Å². The van der Waals surface area contributed by atoms with Crippen molar-refractivity contribution >= 4 is 12.0 Å². The van der Waals surface area contributed by atoms with Crippen LogP contribution in [0.3, 0.4) is 0 Å². The first kappa shape index (κ1) is 13.5. The van der Waals surface area contributed by atoms with Crippen molar-refractivity contribution in [2.24, 2.45) is 0 Å². The van der Waals surface area contributed by atoms with Gasteiger partial charge in [-0.05, 0) is 31.1 Å². The first-order valence-corrected chi connectivity index (χ1v) is 5.81. The van der Waals surface area contributed by atoms with Gasteiger partial charge >= 0.3 is 5.97 Å². The zero-order chi connectivity index (χ0) is 14.4. The van der Waals surface area contributed by atoms with E-state index in [-0.39, 0.29) is 0 Å². The average molecular weight is 268 g/mol. The van der Waals surface area contributed by atoms with E-state index in [0.717, 1.165) is 11.1 Å². The van der Waals surface area contributed by atoms with Gasteiger partial charge in [-0.25, -0.2) is 13.6 Å². The summed E-state index contributed by atoms with van der Waals surface area (Å²) in [7, 11) is 0. The summed E-state index contributed by atoms with van der Waals surface area (Å²) in [5, 5.41) is 9.04. The van der Waals surface area contributed by atoms with Gasteiger partial charge in [-0.15, -0.1) is 0 Å². The molecule has 1 unspecified atom stereocenters. The van der Waals surface area contributed by atoms with E-state index in [1.54, 1.807) is 19.1 Å². The molecule has 0 aliphatic carbocycles. The number of ether oxygens (including phenoxy) is 1. The minimum absolute atomic E-state index is 0.330. The normalized spacial score (nSPS) is 18.4. The highest BCUT2D eigenvalue weighted by atomic mass is 19.3. The summed E-state index contributed by atoms with van der Waals surface area (Å²) in [5.41, 5.74) is 1.74. The molecule has 3 nitrogen and oxygen atoms in total. The van der Waals surface area contributed by atoms with Gasteiger partial charge in [-0.1, -0.05) is 12.1 Å². The molecule has 1 N–H and O–H groups in total. The highest BCUT2D eigenvalue weighted by molar-refractivity contribution is 5.95. The molecule has 0 spiro atoms. The van der Waals surface area contributed by atoms with E-state index in [1.165, 1.54) is 6.08 Å². The van der Waals surface area contributed by atoms with Gasteiger partial charge in [0.15, 0.2) is 6.10 Å². The predicted octanol–water partition coefficient (Wildman–Crippen LogP) is 3.19. The van der Waals surface area contributed by atoms with Crippen LogP contribution in [0, 0.1) is 13.8 Å². The summed E-state index contributed by atoms with van der Waals surface area (Å²) < 4.78 is 32.3. The summed E-state index contributed by atoms with van der Waals surface area (Å²) in [4.78, 5) is 11.1. The lowest BCUT2D eigenvalue weighted by Crippen LogP contribution is -2.41. The molecule has 0 bridgehead atoms. The van der Waals surface area contributed by atoms with Crippen molar-refractivity contribution in [3.63, 3.8) is 0 Å². The molecular formula is C14H14F2O3. The minimum Gasteiger partial charge on any atom is -0.478 e. The number of benzene rings is 1. The Balaban J connectivity index is 2.61. The zero-order valence-electron chi connectivity index (χ0n) is 10.8. The van der Waals surface area contributed by atoms with Gasteiger partial charge in [0, 0.05) is 12.5 Å². The Morgan fingerprint density at radius 3 is 2.53 bits per heavy atom. The predicted molar refractivity (Wildman–Crippen MR) is 66.6 cm³/mol. The number of halogens is 2. The van der Waals surface area contributed by atoms with Crippen molar-refractivity contribution in [1.29, 1.82) is 0 Å². The molecule has 1 aliphatic heterocycles. The Morgan fingerprint density at radius 2 is 2.00 bits per heavy atom. The van der Waals surface area contributed by atoms with Crippen LogP contribution < -0.4 is 4.74 Å². The second kappa shape index (κ2) is 4.33. The number of fused-ring (bicyclic) bond motifs is 1. The van der Waals surface area contributed by atoms with Gasteiger partial charge in [0.2, 0.25) is 0 Å². The maximum Gasteiger partial charge on any atom is 0.335 e. The van der Waals surface area contributed by atoms with Gasteiger partial charge in [-0.2, -0.15) is 0 Å². The fraction of sp³-hybridized carbons (Fsp3) is 0.357. The van der Waals surface area contributed by atoms with Crippen LogP contribution in [-0.2, 0) is 4.79 Å². The Labute approximate surface area is 109 Å². The molecule has 0 fully saturated rings. The molecule has 1 heterocycles. The third-order valence-corrected chi connectivity index (χ3v) is 3.24. The highest BCUT2D eigenvalue weighted by Crippen LogP contribution is 2.38. The number of rotatable bonds is 2. The minimum atomic E-state index is -3.27. The number of carboxylic acid groups (broad SMARTS) is 1. The average Bonchev–Trinajstić information content (AvgIpc) is 2.31. The zero-order valence-corrected chi connectivity index (χ0v) is 10.8. The monoisotopic (exact) mass is 268 g/mol. The van der Waals surface area contributed by atoms with Crippen molar-refractivity contribution in [1.82, 2.24) is 0 Å². The Kier molecular flexibility index (Phi) is 3.08. The standard InChI is InChI=1S/C14H14F2O3/c1-7-4-5-9-6-10(13(17)18)12(14(3,15)16)19-11(9)8(7)2/h4-6,12H,1-3H3,(H,17,18). The second-order valence-corrected chi connectivity index (χ2v) is 4.78. The van der Waals surface area contributed by atoms with Crippen molar-refractivity contribution < 1.29 is 23.4 Å². The van der Waals surface area contributed by atoms with Crippen molar-refractivity contribution in [3.05, 3.63) is 34.4 Å². The number of carbonyl (C=O) groups is 1. The van der Waals surface area contributed by atoms with Gasteiger partial charge in [0.25, 0.3) is 5.92 Å². The van der Waals surface area contributed by atoms with Crippen LogP contribution >= 0.6 is 0 Å². The second-order valence-electron chi connectivity index (χ2n) is 4.78. The molecule has 1 aromatic carbocycles. The number of aliphatic carboxylic acids is 1. The number of hydrogen-bond acceptors (Lipinski definition) is 2. The summed E-state index contributed by atoms with van der Waals surface area (Å²) in [6, 6.07) is 3.47. The molecule has 0 saturated heterocycles. The lowest BCUT2D eigenvalue weighted by molar-refractivity contribution is -0.137.